The van der Waals surface area contributed by atoms with Crippen molar-refractivity contribution in [1.29, 1.82) is 0 Å². The number of carbonyl (C=O) groups is 3. The molecule has 3 amide bonds. The molecule has 0 aliphatic heterocycles. The average Bonchev–Trinajstić information content (AvgIpc) is 2.72. The maximum Gasteiger partial charge on any atom is 0.221 e. The number of aromatic hydroxyl groups is 3. The quantitative estimate of drug-likeness (QED) is 0.290. The standard InChI is InChI=1S/C24H22ClN3O6/c1-11(29)26-14-4-5-22(32)17(6-14)18-7-15(27-12(2)30)8-19(23(18)33)20-9-16(28-13(3)31)10-21(25)24(20)34/h4-10,32-34H,1-3H3,(H,26,29)(H,27,30)(H,28,31). The van der Waals surface area contributed by atoms with Gasteiger partial charge in [-0.05, 0) is 42.5 Å². The smallest absolute Gasteiger partial charge is 0.221 e. The molecule has 0 aliphatic rings. The highest BCUT2D eigenvalue weighted by atomic mass is 35.5. The Morgan fingerprint density at radius 3 is 1.56 bits per heavy atom. The van der Waals surface area contributed by atoms with Crippen LogP contribution in [0.4, 0.5) is 17.1 Å². The summed E-state index contributed by atoms with van der Waals surface area (Å²) in [5.41, 5.74) is 1.28. The monoisotopic (exact) mass is 483 g/mol. The van der Waals surface area contributed by atoms with Gasteiger partial charge in [-0.2, -0.15) is 0 Å². The molecule has 0 atom stereocenters. The van der Waals surface area contributed by atoms with Crippen molar-refractivity contribution >= 4 is 46.4 Å². The SMILES string of the molecule is CC(=O)Nc1ccc(O)c(-c2cc(NC(C)=O)cc(-c3cc(NC(C)=O)cc(Cl)c3O)c2O)c1. The largest absolute Gasteiger partial charge is 0.507 e. The number of phenols is 3. The molecule has 0 aromatic heterocycles. The van der Waals surface area contributed by atoms with Gasteiger partial charge < -0.3 is 31.3 Å². The van der Waals surface area contributed by atoms with Crippen LogP contribution in [-0.4, -0.2) is 33.0 Å². The topological polar surface area (TPSA) is 148 Å². The van der Waals surface area contributed by atoms with E-state index in [1.165, 1.54) is 63.2 Å². The Kier molecular flexibility index (Phi) is 6.97. The van der Waals surface area contributed by atoms with Crippen LogP contribution in [0.1, 0.15) is 20.8 Å². The summed E-state index contributed by atoms with van der Waals surface area (Å²) >= 11 is 6.15. The highest BCUT2D eigenvalue weighted by Gasteiger charge is 2.21. The van der Waals surface area contributed by atoms with Crippen molar-refractivity contribution in [2.45, 2.75) is 20.8 Å². The fourth-order valence-electron chi connectivity index (χ4n) is 3.43. The fraction of sp³-hybridized carbons (Fsp3) is 0.125. The number of benzene rings is 3. The molecule has 0 saturated heterocycles. The van der Waals surface area contributed by atoms with Gasteiger partial charge in [-0.15, -0.1) is 0 Å². The van der Waals surface area contributed by atoms with Crippen LogP contribution in [0.2, 0.25) is 5.02 Å². The van der Waals surface area contributed by atoms with Gasteiger partial charge in [-0.25, -0.2) is 0 Å². The molecular weight excluding hydrogens is 462 g/mol. The van der Waals surface area contributed by atoms with E-state index in [4.69, 9.17) is 11.6 Å². The van der Waals surface area contributed by atoms with Crippen LogP contribution in [0.15, 0.2) is 42.5 Å². The zero-order valence-corrected chi connectivity index (χ0v) is 19.2. The van der Waals surface area contributed by atoms with E-state index in [1.54, 1.807) is 0 Å². The highest BCUT2D eigenvalue weighted by Crippen LogP contribution is 2.48. The summed E-state index contributed by atoms with van der Waals surface area (Å²) in [6.45, 7) is 3.93. The minimum Gasteiger partial charge on any atom is -0.507 e. The molecule has 0 saturated carbocycles. The molecule has 0 heterocycles. The van der Waals surface area contributed by atoms with E-state index in [9.17, 15) is 29.7 Å². The molecule has 0 spiro atoms. The average molecular weight is 484 g/mol. The van der Waals surface area contributed by atoms with E-state index in [-0.39, 0.29) is 67.7 Å². The second-order valence-electron chi connectivity index (χ2n) is 7.55. The Labute approximate surface area is 200 Å². The van der Waals surface area contributed by atoms with E-state index in [0.29, 0.717) is 5.69 Å². The number of phenolic OH excluding ortho intramolecular Hbond substituents is 3. The van der Waals surface area contributed by atoms with Crippen LogP contribution in [0.3, 0.4) is 0 Å². The molecular formula is C24H22ClN3O6. The first kappa shape index (κ1) is 24.4. The Bertz CT molecular complexity index is 1320. The summed E-state index contributed by atoms with van der Waals surface area (Å²) in [5.74, 6) is -2.02. The molecule has 0 bridgehead atoms. The van der Waals surface area contributed by atoms with Gasteiger partial charge in [0.15, 0.2) is 0 Å². The predicted octanol–water partition coefficient (Wildman–Crippen LogP) is 4.67. The number of anilines is 3. The third-order valence-corrected chi connectivity index (χ3v) is 5.00. The number of hydrogen-bond donors (Lipinski definition) is 6. The molecule has 9 nitrogen and oxygen atoms in total. The first-order valence-electron chi connectivity index (χ1n) is 10.0. The Hall–Kier alpha value is -4.24. The van der Waals surface area contributed by atoms with E-state index >= 15 is 0 Å². The van der Waals surface area contributed by atoms with Crippen LogP contribution in [-0.2, 0) is 14.4 Å². The lowest BCUT2D eigenvalue weighted by Crippen LogP contribution is -2.07. The van der Waals surface area contributed by atoms with Crippen molar-refractivity contribution in [2.24, 2.45) is 0 Å². The number of hydrogen-bond acceptors (Lipinski definition) is 6. The van der Waals surface area contributed by atoms with Crippen LogP contribution in [0.25, 0.3) is 22.3 Å². The second kappa shape index (κ2) is 9.72. The minimum atomic E-state index is -0.395. The van der Waals surface area contributed by atoms with E-state index < -0.39 is 5.91 Å². The van der Waals surface area contributed by atoms with Crippen molar-refractivity contribution in [3.05, 3.63) is 47.5 Å². The van der Waals surface area contributed by atoms with Gasteiger partial charge in [0.05, 0.1) is 5.02 Å². The molecule has 3 aromatic carbocycles. The van der Waals surface area contributed by atoms with Crippen molar-refractivity contribution in [3.63, 3.8) is 0 Å². The summed E-state index contributed by atoms with van der Waals surface area (Å²) in [7, 11) is 0. The third-order valence-electron chi connectivity index (χ3n) is 4.71. The zero-order valence-electron chi connectivity index (χ0n) is 18.5. The summed E-state index contributed by atoms with van der Waals surface area (Å²) in [5, 5.41) is 40.0. The molecule has 0 aliphatic carbocycles. The normalized spacial score (nSPS) is 10.5. The Morgan fingerprint density at radius 1 is 0.618 bits per heavy atom. The van der Waals surface area contributed by atoms with E-state index in [2.05, 4.69) is 16.0 Å². The van der Waals surface area contributed by atoms with Crippen LogP contribution in [0.5, 0.6) is 17.2 Å². The van der Waals surface area contributed by atoms with Crippen LogP contribution < -0.4 is 16.0 Å². The first-order valence-corrected chi connectivity index (χ1v) is 10.4. The highest BCUT2D eigenvalue weighted by molar-refractivity contribution is 6.33. The minimum absolute atomic E-state index is 0.0668. The Morgan fingerprint density at radius 2 is 1.03 bits per heavy atom. The second-order valence-corrected chi connectivity index (χ2v) is 7.96. The lowest BCUT2D eigenvalue weighted by molar-refractivity contribution is -0.115. The van der Waals surface area contributed by atoms with Crippen molar-refractivity contribution in [2.75, 3.05) is 16.0 Å². The molecule has 0 fully saturated rings. The molecule has 0 radical (unpaired) electrons. The molecule has 3 aromatic rings. The molecule has 34 heavy (non-hydrogen) atoms. The van der Waals surface area contributed by atoms with Crippen LogP contribution >= 0.6 is 11.6 Å². The van der Waals surface area contributed by atoms with Gasteiger partial charge in [0.1, 0.15) is 17.2 Å². The zero-order chi connectivity index (χ0) is 25.2. The number of amides is 3. The number of rotatable bonds is 5. The number of carbonyl (C=O) groups excluding carboxylic acids is 3. The van der Waals surface area contributed by atoms with Crippen molar-refractivity contribution in [3.8, 4) is 39.5 Å². The fourth-order valence-corrected chi connectivity index (χ4v) is 3.65. The lowest BCUT2D eigenvalue weighted by Gasteiger charge is -2.17. The van der Waals surface area contributed by atoms with Crippen LogP contribution in [0, 0.1) is 0 Å². The Balaban J connectivity index is 2.31. The summed E-state index contributed by atoms with van der Waals surface area (Å²) < 4.78 is 0. The van der Waals surface area contributed by atoms with Gasteiger partial charge in [0, 0.05) is 60.1 Å². The van der Waals surface area contributed by atoms with Gasteiger partial charge in [0.25, 0.3) is 0 Å². The van der Waals surface area contributed by atoms with E-state index in [1.807, 2.05) is 0 Å². The maximum atomic E-state index is 11.7. The number of nitrogens with one attached hydrogen (secondary N) is 3. The first-order chi connectivity index (χ1) is 16.0. The molecule has 6 N–H and O–H groups in total. The summed E-state index contributed by atoms with van der Waals surface area (Å²) in [6, 6.07) is 9.89. The maximum absolute atomic E-state index is 11.7. The summed E-state index contributed by atoms with van der Waals surface area (Å²) in [4.78, 5) is 34.7. The summed E-state index contributed by atoms with van der Waals surface area (Å²) in [6.07, 6.45) is 0. The van der Waals surface area contributed by atoms with Gasteiger partial charge in [0.2, 0.25) is 17.7 Å². The number of halogens is 1. The van der Waals surface area contributed by atoms with Crippen molar-refractivity contribution in [1.82, 2.24) is 0 Å². The van der Waals surface area contributed by atoms with Gasteiger partial charge >= 0.3 is 0 Å². The van der Waals surface area contributed by atoms with Crippen molar-refractivity contribution < 1.29 is 29.7 Å². The van der Waals surface area contributed by atoms with Gasteiger partial charge in [-0.3, -0.25) is 14.4 Å². The van der Waals surface area contributed by atoms with Gasteiger partial charge in [-0.1, -0.05) is 11.6 Å². The van der Waals surface area contributed by atoms with E-state index in [0.717, 1.165) is 0 Å². The molecule has 3 rings (SSSR count). The third kappa shape index (κ3) is 5.38. The molecule has 176 valence electrons. The molecule has 0 unspecified atom stereocenters. The lowest BCUT2D eigenvalue weighted by atomic mass is 9.94. The molecule has 10 heteroatoms. The predicted molar refractivity (Wildman–Crippen MR) is 130 cm³/mol.